The summed E-state index contributed by atoms with van der Waals surface area (Å²) in [7, 11) is 1.32. The van der Waals surface area contributed by atoms with E-state index in [4.69, 9.17) is 16.3 Å². The van der Waals surface area contributed by atoms with Crippen LogP contribution < -0.4 is 10.0 Å². The van der Waals surface area contributed by atoms with Crippen LogP contribution in [0.15, 0.2) is 67.0 Å². The Balaban J connectivity index is 1.57. The maximum absolute atomic E-state index is 14.6. The normalized spacial score (nSPS) is 15.2. The highest BCUT2D eigenvalue weighted by Gasteiger charge is 2.26. The molecule has 0 saturated heterocycles. The highest BCUT2D eigenvalue weighted by atomic mass is 35.5. The first-order valence-corrected chi connectivity index (χ1v) is 13.5. The van der Waals surface area contributed by atoms with Crippen molar-refractivity contribution >= 4 is 29.2 Å². The minimum Gasteiger partial charge on any atom is -0.618 e. The van der Waals surface area contributed by atoms with Crippen LogP contribution in [0.25, 0.3) is 22.3 Å². The van der Waals surface area contributed by atoms with Gasteiger partial charge >= 0.3 is 5.97 Å². The van der Waals surface area contributed by atoms with E-state index in [0.717, 1.165) is 29.5 Å². The van der Waals surface area contributed by atoms with Crippen molar-refractivity contribution in [2.24, 2.45) is 0 Å². The molecule has 1 aliphatic heterocycles. The van der Waals surface area contributed by atoms with E-state index in [2.05, 4.69) is 10.3 Å². The van der Waals surface area contributed by atoms with Crippen molar-refractivity contribution in [3.63, 3.8) is 0 Å². The average Bonchev–Trinajstić information content (AvgIpc) is 2.95. The summed E-state index contributed by atoms with van der Waals surface area (Å²) in [5.74, 6) is -2.77. The molecule has 2 aromatic carbocycles. The molecule has 10 heteroatoms. The number of carbonyl (C=O) groups excluding carboxylic acids is 2. The SMILES string of the molecule is COC(=O)Cc1ccc2c(c1)NC(=O)CCCC[C@H](c1ccc(-c3c(F)ccc(Cl)c3F)c[n+]1[O-])c1cc-2ccn1. The molecule has 4 aromatic rings. The van der Waals surface area contributed by atoms with E-state index in [9.17, 15) is 23.6 Å². The minimum absolute atomic E-state index is 0.0597. The molecule has 0 radical (unpaired) electrons. The standard InChI is InChI=1S/C31H26ClF2N3O4/c1-41-29(39)15-18-6-8-21-19-12-13-35-25(16-19)22(4-2-3-5-28(38)36-26(21)14-18)27-11-7-20(17-37(27)40)30-24(33)10-9-23(32)31(30)34/h6-14,16-17,22H,2-5,15H2,1H3,(H,36,38)/t22-/m0/s1. The van der Waals surface area contributed by atoms with Crippen LogP contribution in [0.4, 0.5) is 14.5 Å². The quantitative estimate of drug-likeness (QED) is 0.132. The number of carbonyl (C=O) groups is 2. The number of halogens is 3. The van der Waals surface area contributed by atoms with Gasteiger partial charge in [0.15, 0.2) is 12.0 Å². The average molecular weight is 578 g/mol. The predicted octanol–water partition coefficient (Wildman–Crippen LogP) is 6.34. The van der Waals surface area contributed by atoms with E-state index >= 15 is 0 Å². The number of ether oxygens (including phenoxy) is 1. The maximum Gasteiger partial charge on any atom is 0.309 e. The van der Waals surface area contributed by atoms with Gasteiger partial charge in [-0.25, -0.2) is 8.78 Å². The van der Waals surface area contributed by atoms with Crippen molar-refractivity contribution in [1.82, 2.24) is 4.98 Å². The number of amides is 1. The number of esters is 1. The molecule has 0 saturated carbocycles. The van der Waals surface area contributed by atoms with E-state index in [1.807, 2.05) is 12.1 Å². The summed E-state index contributed by atoms with van der Waals surface area (Å²) >= 11 is 5.85. The van der Waals surface area contributed by atoms with Gasteiger partial charge in [0, 0.05) is 29.9 Å². The molecule has 0 spiro atoms. The number of fused-ring (bicyclic) bond motifs is 4. The first-order chi connectivity index (χ1) is 19.7. The molecule has 1 amide bonds. The zero-order chi connectivity index (χ0) is 29.1. The van der Waals surface area contributed by atoms with Crippen LogP contribution in [0.3, 0.4) is 0 Å². The van der Waals surface area contributed by atoms with Crippen LogP contribution >= 0.6 is 11.6 Å². The maximum atomic E-state index is 14.6. The fourth-order valence-electron chi connectivity index (χ4n) is 5.10. The molecule has 2 bridgehead atoms. The summed E-state index contributed by atoms with van der Waals surface area (Å²) < 4.78 is 34.5. The molecule has 1 aliphatic rings. The molecule has 7 nitrogen and oxygen atoms in total. The Kier molecular flexibility index (Phi) is 8.26. The van der Waals surface area contributed by atoms with Crippen LogP contribution in [-0.2, 0) is 20.7 Å². The molecule has 1 N–H and O–H groups in total. The Morgan fingerprint density at radius 3 is 2.73 bits per heavy atom. The van der Waals surface area contributed by atoms with Crippen molar-refractivity contribution in [3.05, 3.63) is 106 Å². The lowest BCUT2D eigenvalue weighted by Crippen LogP contribution is -2.34. The zero-order valence-electron chi connectivity index (χ0n) is 22.1. The van der Waals surface area contributed by atoms with Crippen LogP contribution in [0, 0.1) is 16.8 Å². The van der Waals surface area contributed by atoms with E-state index in [-0.39, 0.29) is 34.9 Å². The highest BCUT2D eigenvalue weighted by molar-refractivity contribution is 6.31. The number of pyridine rings is 2. The second-order valence-corrected chi connectivity index (χ2v) is 10.2. The second kappa shape index (κ2) is 12.0. The van der Waals surface area contributed by atoms with Gasteiger partial charge in [0.05, 0.1) is 41.3 Å². The third kappa shape index (κ3) is 6.05. The number of aromatic nitrogens is 2. The first-order valence-electron chi connectivity index (χ1n) is 13.1. The smallest absolute Gasteiger partial charge is 0.309 e. The number of rotatable bonds is 4. The predicted molar refractivity (Wildman–Crippen MR) is 150 cm³/mol. The lowest BCUT2D eigenvalue weighted by molar-refractivity contribution is -0.614. The van der Waals surface area contributed by atoms with Crippen LogP contribution in [0.5, 0.6) is 0 Å². The summed E-state index contributed by atoms with van der Waals surface area (Å²) in [5.41, 5.74) is 3.42. The Hall–Kier alpha value is -4.37. The van der Waals surface area contributed by atoms with Crippen molar-refractivity contribution in [2.75, 3.05) is 12.4 Å². The topological polar surface area (TPSA) is 95.2 Å². The number of hydrogen-bond acceptors (Lipinski definition) is 5. The summed E-state index contributed by atoms with van der Waals surface area (Å²) in [4.78, 5) is 29.2. The van der Waals surface area contributed by atoms with Gasteiger partial charge in [0.2, 0.25) is 11.6 Å². The fourth-order valence-corrected chi connectivity index (χ4v) is 5.26. The third-order valence-corrected chi connectivity index (χ3v) is 7.46. The summed E-state index contributed by atoms with van der Waals surface area (Å²) in [6.07, 6.45) is 4.81. The highest BCUT2D eigenvalue weighted by Crippen LogP contribution is 2.35. The van der Waals surface area contributed by atoms with Gasteiger partial charge in [-0.05, 0) is 60.4 Å². The van der Waals surface area contributed by atoms with Crippen LogP contribution in [-0.4, -0.2) is 24.0 Å². The van der Waals surface area contributed by atoms with Gasteiger partial charge < -0.3 is 15.3 Å². The third-order valence-electron chi connectivity index (χ3n) is 7.16. The van der Waals surface area contributed by atoms with E-state index in [1.165, 1.54) is 13.2 Å². The monoisotopic (exact) mass is 577 g/mol. The van der Waals surface area contributed by atoms with Gasteiger partial charge in [0.1, 0.15) is 5.82 Å². The Morgan fingerprint density at radius 2 is 1.95 bits per heavy atom. The van der Waals surface area contributed by atoms with Crippen molar-refractivity contribution < 1.29 is 27.8 Å². The second-order valence-electron chi connectivity index (χ2n) is 9.84. The minimum atomic E-state index is -0.938. The van der Waals surface area contributed by atoms with Gasteiger partial charge in [-0.15, -0.1) is 0 Å². The number of anilines is 1. The van der Waals surface area contributed by atoms with Crippen LogP contribution in [0.1, 0.15) is 48.6 Å². The molecular formula is C31H26ClF2N3O4. The Bertz CT molecular complexity index is 1650. The number of benzene rings is 2. The molecule has 3 heterocycles. The van der Waals surface area contributed by atoms with Crippen LogP contribution in [0.2, 0.25) is 5.02 Å². The molecule has 0 aliphatic carbocycles. The van der Waals surface area contributed by atoms with Gasteiger partial charge in [-0.3, -0.25) is 14.6 Å². The van der Waals surface area contributed by atoms with E-state index in [0.29, 0.717) is 46.6 Å². The summed E-state index contributed by atoms with van der Waals surface area (Å²) in [5, 5.41) is 16.0. The number of nitrogens with zero attached hydrogens (tertiary/aromatic N) is 2. The summed E-state index contributed by atoms with van der Waals surface area (Å²) in [6, 6.07) is 14.3. The number of methoxy groups -OCH3 is 1. The number of hydrogen-bond donors (Lipinski definition) is 1. The molecule has 2 aromatic heterocycles. The number of nitrogens with one attached hydrogen (secondary N) is 1. The lowest BCUT2D eigenvalue weighted by Gasteiger charge is -2.20. The molecule has 0 unspecified atom stereocenters. The Labute approximate surface area is 240 Å². The van der Waals surface area contributed by atoms with Gasteiger partial charge in [0.25, 0.3) is 0 Å². The molecule has 1 atom stereocenters. The molecular weight excluding hydrogens is 552 g/mol. The zero-order valence-corrected chi connectivity index (χ0v) is 22.9. The molecule has 210 valence electrons. The largest absolute Gasteiger partial charge is 0.618 e. The van der Waals surface area contributed by atoms with Crippen molar-refractivity contribution in [2.45, 2.75) is 38.0 Å². The first kappa shape index (κ1) is 28.2. The lowest BCUT2D eigenvalue weighted by atomic mass is 9.90. The molecule has 41 heavy (non-hydrogen) atoms. The van der Waals surface area contributed by atoms with Gasteiger partial charge in [-0.1, -0.05) is 30.2 Å². The Morgan fingerprint density at radius 1 is 1.12 bits per heavy atom. The van der Waals surface area contributed by atoms with E-state index < -0.39 is 23.5 Å². The van der Waals surface area contributed by atoms with Gasteiger partial charge in [-0.2, -0.15) is 4.73 Å². The summed E-state index contributed by atoms with van der Waals surface area (Å²) in [6.45, 7) is 0. The van der Waals surface area contributed by atoms with Crippen molar-refractivity contribution in [1.29, 1.82) is 0 Å². The van der Waals surface area contributed by atoms with Crippen molar-refractivity contribution in [3.8, 4) is 22.3 Å². The fraction of sp³-hybridized carbons (Fsp3) is 0.226. The molecule has 0 fully saturated rings. The van der Waals surface area contributed by atoms with E-state index in [1.54, 1.807) is 30.5 Å². The molecule has 5 rings (SSSR count).